The van der Waals surface area contributed by atoms with E-state index in [1.807, 2.05) is 5.57 Å². The summed E-state index contributed by atoms with van der Waals surface area (Å²) in [6, 6.07) is 0. The zero-order valence-electron chi connectivity index (χ0n) is 13.9. The minimum atomic E-state index is -0.376. The van der Waals surface area contributed by atoms with E-state index in [-0.39, 0.29) is 11.0 Å². The number of allylic oxidation sites excluding steroid dienone is 2. The summed E-state index contributed by atoms with van der Waals surface area (Å²) in [5.74, 6) is 3.51. The van der Waals surface area contributed by atoms with Crippen molar-refractivity contribution in [2.75, 3.05) is 0 Å². The van der Waals surface area contributed by atoms with Crippen molar-refractivity contribution < 1.29 is 5.11 Å². The van der Waals surface area contributed by atoms with Crippen LogP contribution in [-0.2, 0) is 0 Å². The molecule has 3 saturated carbocycles. The van der Waals surface area contributed by atoms with Crippen molar-refractivity contribution in [3.63, 3.8) is 0 Å². The van der Waals surface area contributed by atoms with Crippen LogP contribution in [0, 0.1) is 29.1 Å². The second-order valence-corrected chi connectivity index (χ2v) is 8.68. The molecule has 21 heavy (non-hydrogen) atoms. The standard InChI is InChI=1S/C20H32O/c1-3-20(21)13-11-18-17-9-8-14-6-4-5-7-15(14)16(17)10-12-19(18,20)2/h8,15-18,21H,3-7,9-13H2,1-2H3/t15-,16+,17+,18-,19-,20-/m0/s1. The van der Waals surface area contributed by atoms with Gasteiger partial charge in [0.2, 0.25) is 0 Å². The normalized spacial score (nSPS) is 52.6. The van der Waals surface area contributed by atoms with Crippen molar-refractivity contribution in [1.29, 1.82) is 0 Å². The van der Waals surface area contributed by atoms with Gasteiger partial charge < -0.3 is 5.11 Å². The Morgan fingerprint density at radius 1 is 1.14 bits per heavy atom. The van der Waals surface area contributed by atoms with Crippen LogP contribution in [0.15, 0.2) is 11.6 Å². The molecule has 0 radical (unpaired) electrons. The molecule has 118 valence electrons. The van der Waals surface area contributed by atoms with Crippen LogP contribution in [0.25, 0.3) is 0 Å². The molecule has 6 atom stereocenters. The summed E-state index contributed by atoms with van der Waals surface area (Å²) < 4.78 is 0. The van der Waals surface area contributed by atoms with E-state index in [1.54, 1.807) is 0 Å². The van der Waals surface area contributed by atoms with E-state index >= 15 is 0 Å². The molecule has 0 unspecified atom stereocenters. The van der Waals surface area contributed by atoms with E-state index in [0.717, 1.165) is 36.5 Å². The summed E-state index contributed by atoms with van der Waals surface area (Å²) in [6.45, 7) is 4.62. The molecule has 0 aromatic rings. The van der Waals surface area contributed by atoms with Gasteiger partial charge in [-0.1, -0.05) is 31.9 Å². The molecule has 0 spiro atoms. The third-order valence-corrected chi connectivity index (χ3v) is 8.27. The van der Waals surface area contributed by atoms with Crippen molar-refractivity contribution in [2.24, 2.45) is 29.1 Å². The van der Waals surface area contributed by atoms with Crippen molar-refractivity contribution >= 4 is 0 Å². The number of hydrogen-bond acceptors (Lipinski definition) is 1. The van der Waals surface area contributed by atoms with Gasteiger partial charge in [0.05, 0.1) is 5.60 Å². The van der Waals surface area contributed by atoms with E-state index in [0.29, 0.717) is 0 Å². The van der Waals surface area contributed by atoms with Crippen LogP contribution in [0.3, 0.4) is 0 Å². The topological polar surface area (TPSA) is 20.2 Å². The molecule has 4 aliphatic carbocycles. The summed E-state index contributed by atoms with van der Waals surface area (Å²) in [5, 5.41) is 11.2. The highest BCUT2D eigenvalue weighted by Gasteiger charge is 2.61. The first-order valence-corrected chi connectivity index (χ1v) is 9.50. The van der Waals surface area contributed by atoms with Crippen molar-refractivity contribution in [3.8, 4) is 0 Å². The fourth-order valence-electron chi connectivity index (χ4n) is 6.94. The molecule has 3 fully saturated rings. The second-order valence-electron chi connectivity index (χ2n) is 8.68. The van der Waals surface area contributed by atoms with Gasteiger partial charge in [0.1, 0.15) is 0 Å². The molecule has 1 heteroatoms. The molecule has 4 rings (SSSR count). The lowest BCUT2D eigenvalue weighted by atomic mass is 9.51. The molecule has 0 aromatic carbocycles. The average molecular weight is 288 g/mol. The Bertz CT molecular complexity index is 453. The lowest BCUT2D eigenvalue weighted by Crippen LogP contribution is -2.52. The first kappa shape index (κ1) is 14.3. The summed E-state index contributed by atoms with van der Waals surface area (Å²) in [4.78, 5) is 0. The summed E-state index contributed by atoms with van der Waals surface area (Å²) in [7, 11) is 0. The zero-order chi connectivity index (χ0) is 14.7. The van der Waals surface area contributed by atoms with Gasteiger partial charge in [-0.2, -0.15) is 0 Å². The van der Waals surface area contributed by atoms with Crippen molar-refractivity contribution in [2.45, 2.75) is 83.7 Å². The summed E-state index contributed by atoms with van der Waals surface area (Å²) in [5.41, 5.74) is 1.64. The lowest BCUT2D eigenvalue weighted by molar-refractivity contribution is -0.116. The molecule has 0 aliphatic heterocycles. The molecular formula is C20H32O. The predicted octanol–water partition coefficient (Wildman–Crippen LogP) is 5.09. The van der Waals surface area contributed by atoms with Crippen LogP contribution in [-0.4, -0.2) is 10.7 Å². The van der Waals surface area contributed by atoms with Gasteiger partial charge >= 0.3 is 0 Å². The lowest BCUT2D eigenvalue weighted by Gasteiger charge is -2.55. The third kappa shape index (κ3) is 1.85. The van der Waals surface area contributed by atoms with Crippen molar-refractivity contribution in [1.82, 2.24) is 0 Å². The Kier molecular flexibility index (Phi) is 3.30. The van der Waals surface area contributed by atoms with Crippen LogP contribution in [0.2, 0.25) is 0 Å². The Balaban J connectivity index is 1.65. The molecule has 1 nitrogen and oxygen atoms in total. The van der Waals surface area contributed by atoms with Gasteiger partial charge in [0.15, 0.2) is 0 Å². The highest BCUT2D eigenvalue weighted by atomic mass is 16.3. The van der Waals surface area contributed by atoms with Crippen LogP contribution in [0.5, 0.6) is 0 Å². The minimum absolute atomic E-state index is 0.197. The molecule has 1 N–H and O–H groups in total. The average Bonchev–Trinajstić information content (AvgIpc) is 2.79. The fourth-order valence-corrected chi connectivity index (χ4v) is 6.94. The predicted molar refractivity (Wildman–Crippen MR) is 86.9 cm³/mol. The van der Waals surface area contributed by atoms with E-state index in [1.165, 1.54) is 51.4 Å². The van der Waals surface area contributed by atoms with Crippen LogP contribution in [0.1, 0.15) is 78.1 Å². The first-order valence-electron chi connectivity index (χ1n) is 9.50. The van der Waals surface area contributed by atoms with Gasteiger partial charge in [0, 0.05) is 0 Å². The smallest absolute Gasteiger partial charge is 0.0701 e. The maximum atomic E-state index is 11.2. The number of aliphatic hydroxyl groups is 1. The maximum absolute atomic E-state index is 11.2. The molecule has 0 amide bonds. The van der Waals surface area contributed by atoms with Gasteiger partial charge in [-0.05, 0) is 86.9 Å². The van der Waals surface area contributed by atoms with E-state index in [4.69, 9.17) is 0 Å². The molecule has 0 saturated heterocycles. The fraction of sp³-hybridized carbons (Fsp3) is 0.900. The molecular weight excluding hydrogens is 256 g/mol. The van der Waals surface area contributed by atoms with E-state index < -0.39 is 0 Å². The van der Waals surface area contributed by atoms with Crippen LogP contribution < -0.4 is 0 Å². The third-order valence-electron chi connectivity index (χ3n) is 8.27. The Morgan fingerprint density at radius 3 is 2.81 bits per heavy atom. The molecule has 0 aromatic heterocycles. The summed E-state index contributed by atoms with van der Waals surface area (Å²) in [6.07, 6.45) is 15.6. The largest absolute Gasteiger partial charge is 0.389 e. The Hall–Kier alpha value is -0.300. The van der Waals surface area contributed by atoms with Gasteiger partial charge in [-0.25, -0.2) is 0 Å². The second kappa shape index (κ2) is 4.85. The first-order chi connectivity index (χ1) is 10.1. The van der Waals surface area contributed by atoms with Crippen LogP contribution >= 0.6 is 0 Å². The zero-order valence-corrected chi connectivity index (χ0v) is 13.9. The van der Waals surface area contributed by atoms with E-state index in [9.17, 15) is 5.11 Å². The number of rotatable bonds is 1. The van der Waals surface area contributed by atoms with Gasteiger partial charge in [-0.15, -0.1) is 0 Å². The maximum Gasteiger partial charge on any atom is 0.0701 e. The minimum Gasteiger partial charge on any atom is -0.389 e. The quantitative estimate of drug-likeness (QED) is 0.666. The number of hydrogen-bond donors (Lipinski definition) is 1. The Labute approximate surface area is 130 Å². The molecule has 4 aliphatic rings. The number of fused-ring (bicyclic) bond motifs is 5. The van der Waals surface area contributed by atoms with Gasteiger partial charge in [0.25, 0.3) is 0 Å². The monoisotopic (exact) mass is 288 g/mol. The molecule has 0 heterocycles. The SMILES string of the molecule is CC[C@]1(O)CC[C@H]2[C@@H]3CC=C4CCCC[C@@H]4[C@H]3CC[C@@]21C. The summed E-state index contributed by atoms with van der Waals surface area (Å²) >= 11 is 0. The van der Waals surface area contributed by atoms with Crippen molar-refractivity contribution in [3.05, 3.63) is 11.6 Å². The highest BCUT2D eigenvalue weighted by molar-refractivity contribution is 5.20. The molecule has 0 bridgehead atoms. The highest BCUT2D eigenvalue weighted by Crippen LogP contribution is 2.65. The van der Waals surface area contributed by atoms with E-state index in [2.05, 4.69) is 19.9 Å². The Morgan fingerprint density at radius 2 is 2.00 bits per heavy atom. The van der Waals surface area contributed by atoms with Crippen LogP contribution in [0.4, 0.5) is 0 Å². The van der Waals surface area contributed by atoms with Gasteiger partial charge in [-0.3, -0.25) is 0 Å².